The van der Waals surface area contributed by atoms with Crippen molar-refractivity contribution in [3.8, 4) is 0 Å². The Balaban J connectivity index is 1.68. The topological polar surface area (TPSA) is 123 Å². The van der Waals surface area contributed by atoms with Crippen LogP contribution in [0, 0.1) is 0 Å². The van der Waals surface area contributed by atoms with Gasteiger partial charge in [0.1, 0.15) is 6.29 Å². The number of amides is 2. The second-order valence-electron chi connectivity index (χ2n) is 7.43. The smallest absolute Gasteiger partial charge is 0.237 e. The van der Waals surface area contributed by atoms with Crippen molar-refractivity contribution in [3.05, 3.63) is 0 Å². The van der Waals surface area contributed by atoms with E-state index in [4.69, 9.17) is 10.6 Å². The molecule has 3 aliphatic rings. The van der Waals surface area contributed by atoms with E-state index in [0.717, 1.165) is 25.9 Å². The lowest BCUT2D eigenvalue weighted by Gasteiger charge is -2.33. The van der Waals surface area contributed by atoms with Crippen molar-refractivity contribution in [2.45, 2.75) is 56.4 Å². The van der Waals surface area contributed by atoms with Crippen LogP contribution in [0.25, 0.3) is 0 Å². The van der Waals surface area contributed by atoms with Gasteiger partial charge in [0.05, 0.1) is 24.6 Å². The molecule has 0 spiro atoms. The number of hydroxylamine groups is 2. The van der Waals surface area contributed by atoms with Gasteiger partial charge < -0.3 is 21.5 Å². The van der Waals surface area contributed by atoms with Crippen LogP contribution in [0.2, 0.25) is 0 Å². The highest BCUT2D eigenvalue weighted by Gasteiger charge is 2.45. The predicted molar refractivity (Wildman–Crippen MR) is 93.2 cm³/mol. The quantitative estimate of drug-likeness (QED) is 0.407. The molecule has 5 N–H and O–H groups in total. The summed E-state index contributed by atoms with van der Waals surface area (Å²) in [6, 6.07) is -1.04. The molecule has 0 aliphatic carbocycles. The Hall–Kier alpha value is -1.30. The Kier molecular flexibility index (Phi) is 6.10. The van der Waals surface area contributed by atoms with Crippen molar-refractivity contribution in [2.75, 3.05) is 33.7 Å². The summed E-state index contributed by atoms with van der Waals surface area (Å²) in [5.74, 6) is -0.754. The van der Waals surface area contributed by atoms with E-state index in [1.807, 2.05) is 19.0 Å². The van der Waals surface area contributed by atoms with Gasteiger partial charge in [0.25, 0.3) is 0 Å². The molecule has 2 amide bonds. The number of nitrogens with zero attached hydrogens (tertiary/aromatic N) is 3. The van der Waals surface area contributed by atoms with E-state index >= 15 is 0 Å². The molecule has 3 heterocycles. The van der Waals surface area contributed by atoms with Crippen LogP contribution in [0.15, 0.2) is 0 Å². The zero-order valence-corrected chi connectivity index (χ0v) is 15.4. The van der Waals surface area contributed by atoms with Crippen LogP contribution in [-0.2, 0) is 14.4 Å². The lowest BCUT2D eigenvalue weighted by Crippen LogP contribution is -2.56. The highest BCUT2D eigenvalue weighted by molar-refractivity contribution is 5.83. The molecule has 3 aliphatic heterocycles. The van der Waals surface area contributed by atoms with E-state index in [9.17, 15) is 14.7 Å². The number of nitrogens with one attached hydrogen (secondary N) is 2. The molecule has 3 saturated heterocycles. The average Bonchev–Trinajstić information content (AvgIpc) is 3.27. The number of primary amides is 1. The summed E-state index contributed by atoms with van der Waals surface area (Å²) < 4.78 is 0. The average molecular weight is 370 g/mol. The van der Waals surface area contributed by atoms with Gasteiger partial charge in [-0.2, -0.15) is 5.06 Å². The SMILES string of the molecule is CN1OC([C@H](CC(N)=O)NC(=O)[C@@H]2C[C@H](O)CN2)N(C)C1N1CCCC1. The Bertz CT molecular complexity index is 529. The Labute approximate surface area is 153 Å². The van der Waals surface area contributed by atoms with Crippen LogP contribution in [0.1, 0.15) is 25.7 Å². The summed E-state index contributed by atoms with van der Waals surface area (Å²) in [7, 11) is 3.78. The summed E-state index contributed by atoms with van der Waals surface area (Å²) >= 11 is 0. The van der Waals surface area contributed by atoms with Crippen molar-refractivity contribution in [1.29, 1.82) is 0 Å². The molecule has 10 heteroatoms. The van der Waals surface area contributed by atoms with Crippen LogP contribution >= 0.6 is 0 Å². The largest absolute Gasteiger partial charge is 0.392 e. The molecule has 5 atom stereocenters. The number of carbonyl (C=O) groups excluding carboxylic acids is 2. The molecule has 26 heavy (non-hydrogen) atoms. The molecule has 0 aromatic heterocycles. The third kappa shape index (κ3) is 4.16. The Morgan fingerprint density at radius 1 is 1.35 bits per heavy atom. The van der Waals surface area contributed by atoms with Gasteiger partial charge in [-0.15, -0.1) is 0 Å². The Morgan fingerprint density at radius 3 is 2.62 bits per heavy atom. The zero-order valence-electron chi connectivity index (χ0n) is 15.4. The molecule has 0 saturated carbocycles. The summed E-state index contributed by atoms with van der Waals surface area (Å²) in [6.07, 6.45) is 1.58. The fourth-order valence-corrected chi connectivity index (χ4v) is 4.14. The van der Waals surface area contributed by atoms with E-state index in [0.29, 0.717) is 13.0 Å². The van der Waals surface area contributed by atoms with Crippen LogP contribution < -0.4 is 16.4 Å². The minimum atomic E-state index is -0.570. The van der Waals surface area contributed by atoms with E-state index in [1.165, 1.54) is 0 Å². The van der Waals surface area contributed by atoms with Crippen LogP contribution in [0.5, 0.6) is 0 Å². The normalized spacial score (nSPS) is 35.0. The molecular formula is C16H30N6O4. The number of rotatable bonds is 6. The van der Waals surface area contributed by atoms with E-state index in [2.05, 4.69) is 15.5 Å². The summed E-state index contributed by atoms with van der Waals surface area (Å²) in [5.41, 5.74) is 5.41. The first-order valence-corrected chi connectivity index (χ1v) is 9.22. The van der Waals surface area contributed by atoms with Crippen LogP contribution in [0.3, 0.4) is 0 Å². The number of hydrogen-bond acceptors (Lipinski definition) is 8. The second kappa shape index (κ2) is 8.15. The monoisotopic (exact) mass is 370 g/mol. The number of aliphatic hydroxyl groups excluding tert-OH is 1. The number of likely N-dealkylation sites (tertiary alicyclic amines) is 1. The minimum Gasteiger partial charge on any atom is -0.392 e. The van der Waals surface area contributed by atoms with Gasteiger partial charge in [0.15, 0.2) is 6.23 Å². The lowest BCUT2D eigenvalue weighted by atomic mass is 10.1. The summed E-state index contributed by atoms with van der Waals surface area (Å²) in [5, 5.41) is 17.2. The van der Waals surface area contributed by atoms with Crippen molar-refractivity contribution in [3.63, 3.8) is 0 Å². The van der Waals surface area contributed by atoms with Gasteiger partial charge in [-0.05, 0) is 26.3 Å². The summed E-state index contributed by atoms with van der Waals surface area (Å²) in [6.45, 7) is 2.37. The molecule has 3 rings (SSSR count). The predicted octanol–water partition coefficient (Wildman–Crippen LogP) is -2.42. The highest BCUT2D eigenvalue weighted by atomic mass is 16.7. The molecule has 0 aromatic rings. The van der Waals surface area contributed by atoms with Gasteiger partial charge in [-0.3, -0.25) is 19.3 Å². The molecular weight excluding hydrogens is 340 g/mol. The maximum absolute atomic E-state index is 12.5. The maximum atomic E-state index is 12.5. The molecule has 0 aromatic carbocycles. The fourth-order valence-electron chi connectivity index (χ4n) is 4.14. The van der Waals surface area contributed by atoms with Crippen LogP contribution in [-0.4, -0.2) is 96.2 Å². The van der Waals surface area contributed by atoms with E-state index in [1.54, 1.807) is 5.06 Å². The number of aliphatic hydroxyl groups is 1. The van der Waals surface area contributed by atoms with Gasteiger partial charge in [-0.1, -0.05) is 0 Å². The Morgan fingerprint density at radius 2 is 2.04 bits per heavy atom. The molecule has 0 bridgehead atoms. The minimum absolute atomic E-state index is 0.0173. The molecule has 3 fully saturated rings. The second-order valence-corrected chi connectivity index (χ2v) is 7.43. The van der Waals surface area contributed by atoms with Crippen molar-refractivity contribution >= 4 is 11.8 Å². The van der Waals surface area contributed by atoms with Gasteiger partial charge in [0.2, 0.25) is 11.8 Å². The first-order chi connectivity index (χ1) is 12.4. The highest BCUT2D eigenvalue weighted by Crippen LogP contribution is 2.27. The molecule has 2 unspecified atom stereocenters. The summed E-state index contributed by atoms with van der Waals surface area (Å²) in [4.78, 5) is 34.4. The van der Waals surface area contributed by atoms with Gasteiger partial charge in [-0.25, -0.2) is 4.90 Å². The number of hydrogen-bond donors (Lipinski definition) is 4. The molecule has 10 nitrogen and oxygen atoms in total. The first kappa shape index (κ1) is 19.5. The third-order valence-electron chi connectivity index (χ3n) is 5.35. The van der Waals surface area contributed by atoms with Crippen LogP contribution in [0.4, 0.5) is 0 Å². The van der Waals surface area contributed by atoms with Gasteiger partial charge >= 0.3 is 0 Å². The van der Waals surface area contributed by atoms with E-state index in [-0.39, 0.29) is 18.6 Å². The zero-order chi connectivity index (χ0) is 18.8. The number of likely N-dealkylation sites (N-methyl/N-ethyl adjacent to an activating group) is 1. The number of nitrogens with two attached hydrogens (primary N) is 1. The maximum Gasteiger partial charge on any atom is 0.237 e. The number of carbonyl (C=O) groups is 2. The van der Waals surface area contributed by atoms with Crippen molar-refractivity contribution in [1.82, 2.24) is 25.5 Å². The molecule has 0 radical (unpaired) electrons. The molecule has 148 valence electrons. The van der Waals surface area contributed by atoms with Crippen molar-refractivity contribution in [2.24, 2.45) is 5.73 Å². The van der Waals surface area contributed by atoms with E-state index < -0.39 is 30.3 Å². The fraction of sp³-hybridized carbons (Fsp3) is 0.875. The van der Waals surface area contributed by atoms with Crippen molar-refractivity contribution < 1.29 is 19.5 Å². The lowest BCUT2D eigenvalue weighted by molar-refractivity contribution is -0.173. The third-order valence-corrected chi connectivity index (χ3v) is 5.35. The number of β-amino-alcohol motifs (C(OH)–C–C–N with tert-alkyl or cyclic N) is 1. The first-order valence-electron chi connectivity index (χ1n) is 9.22. The standard InChI is InChI=1S/C16H30N6O4/c1-20-15(26-21(2)16(20)22-5-3-4-6-22)12(8-13(17)24)19-14(25)11-7-10(23)9-18-11/h10-12,15-16,18,23H,3-9H2,1-2H3,(H2,17,24)(H,19,25)/t10-,11-,12-,15?,16?/m0/s1. The van der Waals surface area contributed by atoms with Gasteiger partial charge in [0, 0.05) is 26.7 Å².